The monoisotopic (exact) mass is 336 g/mol. The molecule has 1 N–H and O–H groups in total. The second kappa shape index (κ2) is 7.75. The Morgan fingerprint density at radius 2 is 1.54 bits per heavy atom. The summed E-state index contributed by atoms with van der Waals surface area (Å²) in [7, 11) is 0. The third-order valence-corrected chi connectivity index (χ3v) is 4.01. The second-order valence-electron chi connectivity index (χ2n) is 5.50. The average Bonchev–Trinajstić information content (AvgIpc) is 2.63. The minimum Gasteiger partial charge on any atom is -0.345 e. The van der Waals surface area contributed by atoms with Gasteiger partial charge in [-0.05, 0) is 41.0 Å². The maximum absolute atomic E-state index is 12.5. The fourth-order valence-electron chi connectivity index (χ4n) is 2.56. The molecule has 0 radical (unpaired) electrons. The molecule has 1 unspecified atom stereocenters. The molecular weight excluding hydrogens is 320 g/mol. The Bertz CT molecular complexity index is 749. The number of aromatic nitrogens is 1. The Morgan fingerprint density at radius 3 is 2.21 bits per heavy atom. The van der Waals surface area contributed by atoms with Crippen molar-refractivity contribution >= 4 is 17.5 Å². The number of hydrogen-bond acceptors (Lipinski definition) is 2. The molecule has 0 spiro atoms. The van der Waals surface area contributed by atoms with Gasteiger partial charge in [-0.3, -0.25) is 9.78 Å². The summed E-state index contributed by atoms with van der Waals surface area (Å²) in [5.41, 5.74) is 2.97. The molecule has 0 aliphatic carbocycles. The number of amides is 1. The lowest BCUT2D eigenvalue weighted by molar-refractivity contribution is -0.120. The van der Waals surface area contributed by atoms with Crippen molar-refractivity contribution in [3.8, 4) is 0 Å². The molecule has 1 amide bonds. The van der Waals surface area contributed by atoms with E-state index >= 15 is 0 Å². The highest BCUT2D eigenvalue weighted by Gasteiger charge is 2.16. The first-order valence-electron chi connectivity index (χ1n) is 7.71. The van der Waals surface area contributed by atoms with Crippen LogP contribution in [0.3, 0.4) is 0 Å². The first-order valence-corrected chi connectivity index (χ1v) is 8.09. The molecule has 3 rings (SSSR count). The van der Waals surface area contributed by atoms with Gasteiger partial charge in [-0.15, -0.1) is 0 Å². The Balaban J connectivity index is 1.79. The van der Waals surface area contributed by atoms with Crippen LogP contribution in [-0.4, -0.2) is 10.9 Å². The standard InChI is InChI=1S/C20H17ClN2O/c21-18-8-6-15(7-9-18)14-19(24)23-20(16-4-2-1-3-5-16)17-10-12-22-13-11-17/h1-13,20H,14H2,(H,23,24). The molecule has 120 valence electrons. The topological polar surface area (TPSA) is 42.0 Å². The highest BCUT2D eigenvalue weighted by atomic mass is 35.5. The molecule has 1 heterocycles. The van der Waals surface area contributed by atoms with E-state index in [-0.39, 0.29) is 11.9 Å². The van der Waals surface area contributed by atoms with Crippen LogP contribution in [-0.2, 0) is 11.2 Å². The third kappa shape index (κ3) is 4.21. The van der Waals surface area contributed by atoms with Crippen molar-refractivity contribution in [1.29, 1.82) is 0 Å². The van der Waals surface area contributed by atoms with Gasteiger partial charge < -0.3 is 5.32 Å². The summed E-state index contributed by atoms with van der Waals surface area (Å²) >= 11 is 5.89. The maximum atomic E-state index is 12.5. The lowest BCUT2D eigenvalue weighted by Gasteiger charge is -2.20. The third-order valence-electron chi connectivity index (χ3n) is 3.76. The summed E-state index contributed by atoms with van der Waals surface area (Å²) in [6.45, 7) is 0. The van der Waals surface area contributed by atoms with Crippen LogP contribution in [0.1, 0.15) is 22.7 Å². The van der Waals surface area contributed by atoms with E-state index in [1.54, 1.807) is 24.5 Å². The summed E-state index contributed by atoms with van der Waals surface area (Å²) in [5.74, 6) is -0.0389. The van der Waals surface area contributed by atoms with Crippen LogP contribution < -0.4 is 5.32 Å². The van der Waals surface area contributed by atoms with E-state index in [1.165, 1.54) is 0 Å². The molecule has 0 saturated heterocycles. The quantitative estimate of drug-likeness (QED) is 0.759. The zero-order chi connectivity index (χ0) is 16.8. The number of nitrogens with zero attached hydrogens (tertiary/aromatic N) is 1. The zero-order valence-corrected chi connectivity index (χ0v) is 13.8. The summed E-state index contributed by atoms with van der Waals surface area (Å²) in [6.07, 6.45) is 3.78. The molecule has 4 heteroatoms. The minimum absolute atomic E-state index is 0.0389. The number of hydrogen-bond donors (Lipinski definition) is 1. The maximum Gasteiger partial charge on any atom is 0.225 e. The molecule has 0 aliphatic rings. The fraction of sp³-hybridized carbons (Fsp3) is 0.100. The van der Waals surface area contributed by atoms with Crippen molar-refractivity contribution in [2.75, 3.05) is 0 Å². The highest BCUT2D eigenvalue weighted by molar-refractivity contribution is 6.30. The van der Waals surface area contributed by atoms with Gasteiger partial charge in [0.2, 0.25) is 5.91 Å². The van der Waals surface area contributed by atoms with E-state index in [9.17, 15) is 4.79 Å². The Morgan fingerprint density at radius 1 is 0.917 bits per heavy atom. The first-order chi connectivity index (χ1) is 11.7. The van der Waals surface area contributed by atoms with Crippen LogP contribution in [0.5, 0.6) is 0 Å². The summed E-state index contributed by atoms with van der Waals surface area (Å²) in [4.78, 5) is 16.5. The SMILES string of the molecule is O=C(Cc1ccc(Cl)cc1)NC(c1ccccc1)c1ccncc1. The number of pyridine rings is 1. The van der Waals surface area contributed by atoms with E-state index in [1.807, 2.05) is 54.6 Å². The van der Waals surface area contributed by atoms with E-state index in [0.29, 0.717) is 11.4 Å². The smallest absolute Gasteiger partial charge is 0.225 e. The number of carbonyl (C=O) groups excluding carboxylic acids is 1. The Kier molecular flexibility index (Phi) is 5.24. The van der Waals surface area contributed by atoms with Gasteiger partial charge in [0.15, 0.2) is 0 Å². The Labute approximate surface area is 146 Å². The minimum atomic E-state index is -0.200. The molecule has 2 aromatic carbocycles. The normalized spacial score (nSPS) is 11.7. The zero-order valence-electron chi connectivity index (χ0n) is 13.0. The molecule has 0 aliphatic heterocycles. The molecule has 0 fully saturated rings. The van der Waals surface area contributed by atoms with Gasteiger partial charge in [0.25, 0.3) is 0 Å². The molecule has 0 saturated carbocycles. The lowest BCUT2D eigenvalue weighted by atomic mass is 9.99. The highest BCUT2D eigenvalue weighted by Crippen LogP contribution is 2.21. The summed E-state index contributed by atoms with van der Waals surface area (Å²) in [6, 6.07) is 20.9. The van der Waals surface area contributed by atoms with E-state index in [0.717, 1.165) is 16.7 Å². The van der Waals surface area contributed by atoms with Crippen molar-refractivity contribution in [2.24, 2.45) is 0 Å². The molecule has 1 atom stereocenters. The van der Waals surface area contributed by atoms with Gasteiger partial charge in [-0.2, -0.15) is 0 Å². The van der Waals surface area contributed by atoms with Crippen molar-refractivity contribution in [3.05, 3.63) is 101 Å². The van der Waals surface area contributed by atoms with Crippen LogP contribution in [0, 0.1) is 0 Å². The van der Waals surface area contributed by atoms with Crippen molar-refractivity contribution < 1.29 is 4.79 Å². The van der Waals surface area contributed by atoms with Gasteiger partial charge in [-0.1, -0.05) is 54.1 Å². The van der Waals surface area contributed by atoms with Gasteiger partial charge in [0.05, 0.1) is 12.5 Å². The molecule has 1 aromatic heterocycles. The van der Waals surface area contributed by atoms with Crippen molar-refractivity contribution in [1.82, 2.24) is 10.3 Å². The van der Waals surface area contributed by atoms with Crippen LogP contribution in [0.25, 0.3) is 0 Å². The van der Waals surface area contributed by atoms with Crippen LogP contribution >= 0.6 is 11.6 Å². The molecule has 3 aromatic rings. The summed E-state index contributed by atoms with van der Waals surface area (Å²) in [5, 5.41) is 3.78. The second-order valence-corrected chi connectivity index (χ2v) is 5.93. The van der Waals surface area contributed by atoms with Crippen LogP contribution in [0.4, 0.5) is 0 Å². The molecule has 3 nitrogen and oxygen atoms in total. The average molecular weight is 337 g/mol. The van der Waals surface area contributed by atoms with E-state index in [2.05, 4.69) is 10.3 Å². The van der Waals surface area contributed by atoms with Gasteiger partial charge >= 0.3 is 0 Å². The number of carbonyl (C=O) groups is 1. The number of rotatable bonds is 5. The summed E-state index contributed by atoms with van der Waals surface area (Å²) < 4.78 is 0. The van der Waals surface area contributed by atoms with Gasteiger partial charge in [0.1, 0.15) is 0 Å². The van der Waals surface area contributed by atoms with Crippen LogP contribution in [0.2, 0.25) is 5.02 Å². The Hall–Kier alpha value is -2.65. The molecule has 24 heavy (non-hydrogen) atoms. The van der Waals surface area contributed by atoms with Crippen LogP contribution in [0.15, 0.2) is 79.1 Å². The predicted octanol–water partition coefficient (Wildman–Crippen LogP) is 4.18. The largest absolute Gasteiger partial charge is 0.345 e. The number of nitrogens with one attached hydrogen (secondary N) is 1. The first kappa shape index (κ1) is 16.2. The fourth-order valence-corrected chi connectivity index (χ4v) is 2.69. The lowest BCUT2D eigenvalue weighted by Crippen LogP contribution is -2.30. The van der Waals surface area contributed by atoms with Crippen molar-refractivity contribution in [3.63, 3.8) is 0 Å². The molecule has 0 bridgehead atoms. The number of benzene rings is 2. The van der Waals surface area contributed by atoms with E-state index < -0.39 is 0 Å². The van der Waals surface area contributed by atoms with Gasteiger partial charge in [-0.25, -0.2) is 0 Å². The van der Waals surface area contributed by atoms with Crippen molar-refractivity contribution in [2.45, 2.75) is 12.5 Å². The number of halogens is 1. The van der Waals surface area contributed by atoms with Gasteiger partial charge in [0, 0.05) is 17.4 Å². The molecular formula is C20H17ClN2O. The van der Waals surface area contributed by atoms with E-state index in [4.69, 9.17) is 11.6 Å². The predicted molar refractivity (Wildman–Crippen MR) is 95.8 cm³/mol.